The van der Waals surface area contributed by atoms with Gasteiger partial charge in [-0.1, -0.05) is 37.3 Å². The van der Waals surface area contributed by atoms with Crippen LogP contribution < -0.4 is 10.6 Å². The Hall–Kier alpha value is -3.62. The van der Waals surface area contributed by atoms with Crippen LogP contribution in [0, 0.1) is 0 Å². The van der Waals surface area contributed by atoms with E-state index in [2.05, 4.69) is 20.8 Å². The maximum Gasteiger partial charge on any atom is 0.356 e. The van der Waals surface area contributed by atoms with Crippen LogP contribution in [0.5, 0.6) is 0 Å². The smallest absolute Gasteiger partial charge is 0.356 e. The normalized spacial score (nSPS) is 16.1. The van der Waals surface area contributed by atoms with E-state index in [1.54, 1.807) is 13.0 Å². The highest BCUT2D eigenvalue weighted by Crippen LogP contribution is 2.19. The van der Waals surface area contributed by atoms with Crippen LogP contribution in [0.4, 0.5) is 4.79 Å². The lowest BCUT2D eigenvalue weighted by atomic mass is 10.0. The van der Waals surface area contributed by atoms with Gasteiger partial charge in [-0.25, -0.2) is 14.4 Å². The minimum absolute atomic E-state index is 0.162. The first kappa shape index (κ1) is 20.1. The standard InChI is InChI=1S/C20H22N4O5/c1-3-13-17(19(26)28-4-2)16(22-20(27)21-13)11-29-18(25)15-10-14(23-24-15)12-8-6-5-7-9-12/h5-10,13H,3-4,11H2,1-2H3,(H,23,24)(H2,21,22,27)/t13-/m0/s1. The number of rotatable bonds is 7. The fraction of sp³-hybridized carbons (Fsp3) is 0.300. The lowest BCUT2D eigenvalue weighted by Gasteiger charge is -2.28. The Morgan fingerprint density at radius 1 is 1.10 bits per heavy atom. The minimum Gasteiger partial charge on any atom is -0.463 e. The van der Waals surface area contributed by atoms with E-state index >= 15 is 0 Å². The van der Waals surface area contributed by atoms with E-state index in [1.165, 1.54) is 0 Å². The summed E-state index contributed by atoms with van der Waals surface area (Å²) >= 11 is 0. The number of hydrogen-bond donors (Lipinski definition) is 3. The van der Waals surface area contributed by atoms with Crippen molar-refractivity contribution < 1.29 is 23.9 Å². The van der Waals surface area contributed by atoms with Gasteiger partial charge in [0.1, 0.15) is 12.3 Å². The fourth-order valence-electron chi connectivity index (χ4n) is 2.97. The number of nitrogens with zero attached hydrogens (tertiary/aromatic N) is 1. The van der Waals surface area contributed by atoms with Crippen LogP contribution >= 0.6 is 0 Å². The van der Waals surface area contributed by atoms with E-state index < -0.39 is 24.0 Å². The van der Waals surface area contributed by atoms with Gasteiger partial charge >= 0.3 is 18.0 Å². The number of aromatic nitrogens is 2. The van der Waals surface area contributed by atoms with Crippen LogP contribution in [-0.4, -0.2) is 47.4 Å². The van der Waals surface area contributed by atoms with Gasteiger partial charge in [0.2, 0.25) is 0 Å². The topological polar surface area (TPSA) is 122 Å². The molecule has 2 amide bonds. The molecule has 0 fully saturated rings. The number of benzene rings is 1. The van der Waals surface area contributed by atoms with E-state index in [-0.39, 0.29) is 30.2 Å². The molecule has 2 heterocycles. The summed E-state index contributed by atoms with van der Waals surface area (Å²) in [6.45, 7) is 3.43. The molecule has 0 spiro atoms. The summed E-state index contributed by atoms with van der Waals surface area (Å²) in [5.74, 6) is -1.22. The number of carbonyl (C=O) groups excluding carboxylic acids is 3. The van der Waals surface area contributed by atoms with Crippen molar-refractivity contribution in [1.29, 1.82) is 0 Å². The molecule has 3 rings (SSSR count). The molecular weight excluding hydrogens is 376 g/mol. The monoisotopic (exact) mass is 398 g/mol. The van der Waals surface area contributed by atoms with Crippen LogP contribution in [0.3, 0.4) is 0 Å². The number of H-pyrrole nitrogens is 1. The third-order valence-corrected chi connectivity index (χ3v) is 4.36. The predicted molar refractivity (Wildman–Crippen MR) is 104 cm³/mol. The minimum atomic E-state index is -0.656. The Morgan fingerprint density at radius 3 is 2.55 bits per heavy atom. The predicted octanol–water partition coefficient (Wildman–Crippen LogP) is 2.14. The van der Waals surface area contributed by atoms with Crippen molar-refractivity contribution in [2.45, 2.75) is 26.3 Å². The zero-order chi connectivity index (χ0) is 20.8. The maximum absolute atomic E-state index is 12.4. The molecule has 0 radical (unpaired) electrons. The van der Waals surface area contributed by atoms with Gasteiger partial charge in [-0.05, 0) is 19.4 Å². The molecule has 0 saturated carbocycles. The maximum atomic E-state index is 12.4. The Bertz CT molecular complexity index is 935. The molecule has 2 aromatic rings. The van der Waals surface area contributed by atoms with Crippen LogP contribution in [0.1, 0.15) is 30.8 Å². The van der Waals surface area contributed by atoms with Crippen molar-refractivity contribution >= 4 is 18.0 Å². The van der Waals surface area contributed by atoms with Crippen LogP contribution in [0.25, 0.3) is 11.3 Å². The molecule has 1 aliphatic heterocycles. The van der Waals surface area contributed by atoms with E-state index in [1.807, 2.05) is 37.3 Å². The zero-order valence-electron chi connectivity index (χ0n) is 16.2. The molecule has 152 valence electrons. The van der Waals surface area contributed by atoms with Crippen molar-refractivity contribution in [3.05, 3.63) is 53.4 Å². The summed E-state index contributed by atoms with van der Waals surface area (Å²) in [5.41, 5.74) is 2.07. The first-order chi connectivity index (χ1) is 14.0. The van der Waals surface area contributed by atoms with E-state index in [0.29, 0.717) is 12.1 Å². The molecule has 29 heavy (non-hydrogen) atoms. The highest BCUT2D eigenvalue weighted by atomic mass is 16.5. The highest BCUT2D eigenvalue weighted by molar-refractivity contribution is 5.95. The molecule has 0 saturated heterocycles. The van der Waals surface area contributed by atoms with Crippen molar-refractivity contribution in [1.82, 2.24) is 20.8 Å². The number of nitrogens with one attached hydrogen (secondary N) is 3. The third kappa shape index (κ3) is 4.63. The Kier molecular flexibility index (Phi) is 6.28. The fourth-order valence-corrected chi connectivity index (χ4v) is 2.97. The van der Waals surface area contributed by atoms with Gasteiger partial charge in [0.05, 0.1) is 29.6 Å². The molecule has 0 aliphatic carbocycles. The second kappa shape index (κ2) is 9.05. The third-order valence-electron chi connectivity index (χ3n) is 4.36. The Balaban J connectivity index is 1.75. The van der Waals surface area contributed by atoms with Gasteiger partial charge in [-0.3, -0.25) is 5.10 Å². The van der Waals surface area contributed by atoms with Gasteiger partial charge in [0.25, 0.3) is 0 Å². The molecule has 1 aromatic heterocycles. The summed E-state index contributed by atoms with van der Waals surface area (Å²) in [5, 5.41) is 12.0. The largest absolute Gasteiger partial charge is 0.463 e. The lowest BCUT2D eigenvalue weighted by Crippen LogP contribution is -2.51. The van der Waals surface area contributed by atoms with Crippen LogP contribution in [0.2, 0.25) is 0 Å². The van der Waals surface area contributed by atoms with Gasteiger partial charge in [-0.2, -0.15) is 5.10 Å². The second-order valence-electron chi connectivity index (χ2n) is 6.28. The van der Waals surface area contributed by atoms with Gasteiger partial charge < -0.3 is 20.1 Å². The Morgan fingerprint density at radius 2 is 1.86 bits per heavy atom. The average Bonchev–Trinajstić information content (AvgIpc) is 3.22. The summed E-state index contributed by atoms with van der Waals surface area (Å²) in [6.07, 6.45) is 0.486. The van der Waals surface area contributed by atoms with Crippen molar-refractivity contribution in [3.8, 4) is 11.3 Å². The van der Waals surface area contributed by atoms with Crippen molar-refractivity contribution in [2.75, 3.05) is 13.2 Å². The van der Waals surface area contributed by atoms with Crippen LogP contribution in [-0.2, 0) is 14.3 Å². The molecule has 1 aromatic carbocycles. The number of amides is 2. The Labute approximate surface area is 167 Å². The quantitative estimate of drug-likeness (QED) is 0.614. The van der Waals surface area contributed by atoms with Crippen molar-refractivity contribution in [3.63, 3.8) is 0 Å². The van der Waals surface area contributed by atoms with E-state index in [9.17, 15) is 14.4 Å². The van der Waals surface area contributed by atoms with Gasteiger partial charge in [0, 0.05) is 5.56 Å². The number of carbonyl (C=O) groups is 3. The molecular formula is C20H22N4O5. The van der Waals surface area contributed by atoms with Crippen LogP contribution in [0.15, 0.2) is 47.7 Å². The highest BCUT2D eigenvalue weighted by Gasteiger charge is 2.32. The molecule has 9 heteroatoms. The summed E-state index contributed by atoms with van der Waals surface area (Å²) < 4.78 is 10.4. The molecule has 0 bridgehead atoms. The lowest BCUT2D eigenvalue weighted by molar-refractivity contribution is -0.139. The zero-order valence-corrected chi connectivity index (χ0v) is 16.2. The number of urea groups is 1. The van der Waals surface area contributed by atoms with E-state index in [4.69, 9.17) is 9.47 Å². The van der Waals surface area contributed by atoms with Crippen molar-refractivity contribution in [2.24, 2.45) is 0 Å². The summed E-state index contributed by atoms with van der Waals surface area (Å²) in [7, 11) is 0. The molecule has 1 aliphatic rings. The number of esters is 2. The number of aromatic amines is 1. The first-order valence-electron chi connectivity index (χ1n) is 9.29. The molecule has 1 atom stereocenters. The van der Waals surface area contributed by atoms with E-state index in [0.717, 1.165) is 5.56 Å². The molecule has 0 unspecified atom stereocenters. The van der Waals surface area contributed by atoms with Gasteiger partial charge in [-0.15, -0.1) is 0 Å². The number of hydrogen-bond acceptors (Lipinski definition) is 6. The average molecular weight is 398 g/mol. The SMILES string of the molecule is CCOC(=O)C1=C(COC(=O)c2cc(-c3ccccc3)n[nH]2)NC(=O)N[C@H]1CC. The summed E-state index contributed by atoms with van der Waals surface area (Å²) in [6, 6.07) is 9.96. The summed E-state index contributed by atoms with van der Waals surface area (Å²) in [4.78, 5) is 36.6. The van der Waals surface area contributed by atoms with Gasteiger partial charge in [0.15, 0.2) is 0 Å². The molecule has 3 N–H and O–H groups in total. The first-order valence-corrected chi connectivity index (χ1v) is 9.29. The second-order valence-corrected chi connectivity index (χ2v) is 6.28. The molecule has 9 nitrogen and oxygen atoms in total. The number of ether oxygens (including phenoxy) is 2.